The summed E-state index contributed by atoms with van der Waals surface area (Å²) in [5, 5.41) is 10.6. The lowest BCUT2D eigenvalue weighted by Crippen LogP contribution is -2.34. The van der Waals surface area contributed by atoms with Gasteiger partial charge in [-0.05, 0) is 36.5 Å². The maximum absolute atomic E-state index is 13.0. The molecule has 1 fully saturated rings. The molecule has 0 bridgehead atoms. The van der Waals surface area contributed by atoms with Gasteiger partial charge in [0.1, 0.15) is 5.82 Å². The molecule has 0 spiro atoms. The van der Waals surface area contributed by atoms with Crippen molar-refractivity contribution in [2.45, 2.75) is 44.2 Å². The second-order valence-electron chi connectivity index (χ2n) is 5.08. The maximum atomic E-state index is 13.0. The molecule has 19 heavy (non-hydrogen) atoms. The zero-order valence-electron chi connectivity index (χ0n) is 10.7. The van der Waals surface area contributed by atoms with E-state index < -0.39 is 12.1 Å². The van der Waals surface area contributed by atoms with E-state index in [0.29, 0.717) is 5.56 Å². The van der Waals surface area contributed by atoms with E-state index >= 15 is 0 Å². The van der Waals surface area contributed by atoms with E-state index in [9.17, 15) is 9.50 Å². The number of aliphatic hydroxyl groups excluding tert-OH is 1. The van der Waals surface area contributed by atoms with Crippen LogP contribution in [0.4, 0.5) is 4.39 Å². The number of rotatable bonds is 3. The summed E-state index contributed by atoms with van der Waals surface area (Å²) < 4.78 is 13.0. The molecule has 2 atom stereocenters. The minimum absolute atomic E-state index is 0. The molecule has 3 N–H and O–H groups in total. The Balaban J connectivity index is 0.00000180. The van der Waals surface area contributed by atoms with Gasteiger partial charge < -0.3 is 10.8 Å². The van der Waals surface area contributed by atoms with Crippen molar-refractivity contribution in [3.05, 3.63) is 34.6 Å². The Labute approximate surface area is 124 Å². The summed E-state index contributed by atoms with van der Waals surface area (Å²) in [6.07, 6.45) is 4.93. The zero-order chi connectivity index (χ0) is 13.1. The number of hydrogen-bond donors (Lipinski definition) is 2. The lowest BCUT2D eigenvalue weighted by molar-refractivity contribution is 0.0618. The molecule has 1 aliphatic rings. The number of benzene rings is 1. The van der Waals surface area contributed by atoms with Crippen LogP contribution in [0.5, 0.6) is 0 Å². The number of hydrogen-bond acceptors (Lipinski definition) is 2. The van der Waals surface area contributed by atoms with Crippen LogP contribution in [-0.4, -0.2) is 11.2 Å². The highest BCUT2D eigenvalue weighted by Crippen LogP contribution is 2.33. The van der Waals surface area contributed by atoms with Crippen molar-refractivity contribution >= 4 is 24.0 Å². The second kappa shape index (κ2) is 7.44. The fourth-order valence-corrected chi connectivity index (χ4v) is 3.02. The van der Waals surface area contributed by atoms with E-state index in [-0.39, 0.29) is 29.2 Å². The molecule has 2 nitrogen and oxygen atoms in total. The molecule has 0 aliphatic heterocycles. The molecule has 0 heterocycles. The summed E-state index contributed by atoms with van der Waals surface area (Å²) in [4.78, 5) is 0. The van der Waals surface area contributed by atoms with Gasteiger partial charge in [-0.1, -0.05) is 36.9 Å². The molecule has 0 saturated heterocycles. The smallest absolute Gasteiger partial charge is 0.124 e. The Hall–Kier alpha value is -0.350. The largest absolute Gasteiger partial charge is 0.391 e. The van der Waals surface area contributed by atoms with E-state index in [1.54, 1.807) is 6.07 Å². The number of nitrogens with two attached hydrogens (primary N) is 1. The van der Waals surface area contributed by atoms with E-state index in [0.717, 1.165) is 25.7 Å². The number of aliphatic hydroxyl groups is 1. The Morgan fingerprint density at radius 1 is 1.26 bits per heavy atom. The summed E-state index contributed by atoms with van der Waals surface area (Å²) in [5.41, 5.74) is 6.68. The highest BCUT2D eigenvalue weighted by Gasteiger charge is 2.28. The van der Waals surface area contributed by atoms with Gasteiger partial charge in [-0.2, -0.15) is 0 Å². The Bertz CT molecular complexity index is 410. The second-order valence-corrected chi connectivity index (χ2v) is 5.49. The molecule has 0 amide bonds. The van der Waals surface area contributed by atoms with Crippen molar-refractivity contribution in [1.82, 2.24) is 0 Å². The standard InChI is InChI=1S/C14H19ClFNO.ClH/c15-12-8-10(16)6-7-11(12)13(17)14(18)9-4-2-1-3-5-9;/h6-9,13-14,18H,1-5,17H2;1H/t13-,14+;/m0./s1. The molecule has 0 radical (unpaired) electrons. The Kier molecular flexibility index (Phi) is 6.54. The zero-order valence-corrected chi connectivity index (χ0v) is 12.3. The lowest BCUT2D eigenvalue weighted by Gasteiger charge is -2.30. The van der Waals surface area contributed by atoms with Crippen LogP contribution in [0.3, 0.4) is 0 Å². The Morgan fingerprint density at radius 2 is 1.89 bits per heavy atom. The minimum atomic E-state index is -0.603. The topological polar surface area (TPSA) is 46.2 Å². The van der Waals surface area contributed by atoms with Crippen LogP contribution in [-0.2, 0) is 0 Å². The first-order chi connectivity index (χ1) is 8.59. The fraction of sp³-hybridized carbons (Fsp3) is 0.571. The van der Waals surface area contributed by atoms with E-state index in [4.69, 9.17) is 17.3 Å². The quantitative estimate of drug-likeness (QED) is 0.891. The average molecular weight is 308 g/mol. The van der Waals surface area contributed by atoms with Crippen LogP contribution in [0, 0.1) is 11.7 Å². The van der Waals surface area contributed by atoms with Gasteiger partial charge in [0.2, 0.25) is 0 Å². The summed E-state index contributed by atoms with van der Waals surface area (Å²) in [6.45, 7) is 0. The highest BCUT2D eigenvalue weighted by molar-refractivity contribution is 6.31. The third kappa shape index (κ3) is 4.06. The van der Waals surface area contributed by atoms with Crippen LogP contribution in [0.2, 0.25) is 5.02 Å². The van der Waals surface area contributed by atoms with Gasteiger partial charge in [0.05, 0.1) is 12.1 Å². The van der Waals surface area contributed by atoms with Crippen molar-refractivity contribution < 1.29 is 9.50 Å². The van der Waals surface area contributed by atoms with E-state index in [1.165, 1.54) is 18.6 Å². The van der Waals surface area contributed by atoms with Crippen LogP contribution in [0.25, 0.3) is 0 Å². The van der Waals surface area contributed by atoms with Crippen molar-refractivity contribution in [2.75, 3.05) is 0 Å². The van der Waals surface area contributed by atoms with Gasteiger partial charge in [0, 0.05) is 5.02 Å². The fourth-order valence-electron chi connectivity index (χ4n) is 2.72. The molecular formula is C14H20Cl2FNO. The molecule has 5 heteroatoms. The SMILES string of the molecule is Cl.N[C@@H](c1ccc(F)cc1Cl)[C@H](O)C1CCCCC1. The molecule has 1 aromatic rings. The van der Waals surface area contributed by atoms with Gasteiger partial charge >= 0.3 is 0 Å². The van der Waals surface area contributed by atoms with Gasteiger partial charge in [-0.25, -0.2) is 4.39 Å². The van der Waals surface area contributed by atoms with Crippen molar-refractivity contribution in [3.63, 3.8) is 0 Å². The van der Waals surface area contributed by atoms with Crippen LogP contribution < -0.4 is 5.73 Å². The first-order valence-corrected chi connectivity index (χ1v) is 6.86. The summed E-state index contributed by atoms with van der Waals surface area (Å²) in [5.74, 6) is -0.155. The van der Waals surface area contributed by atoms with Gasteiger partial charge in [-0.15, -0.1) is 12.4 Å². The molecule has 1 aromatic carbocycles. The average Bonchev–Trinajstić information content (AvgIpc) is 2.38. The molecular weight excluding hydrogens is 288 g/mol. The van der Waals surface area contributed by atoms with Gasteiger partial charge in [0.15, 0.2) is 0 Å². The third-order valence-corrected chi connectivity index (χ3v) is 4.15. The van der Waals surface area contributed by atoms with Crippen molar-refractivity contribution in [3.8, 4) is 0 Å². The van der Waals surface area contributed by atoms with Gasteiger partial charge in [0.25, 0.3) is 0 Å². The van der Waals surface area contributed by atoms with Crippen LogP contribution in [0.1, 0.15) is 43.7 Å². The normalized spacial score (nSPS) is 19.6. The predicted octanol–water partition coefficient (Wildman–Crippen LogP) is 3.84. The monoisotopic (exact) mass is 307 g/mol. The molecule has 0 aromatic heterocycles. The molecule has 1 saturated carbocycles. The summed E-state index contributed by atoms with van der Waals surface area (Å²) >= 11 is 5.98. The first kappa shape index (κ1) is 16.7. The Morgan fingerprint density at radius 3 is 2.47 bits per heavy atom. The lowest BCUT2D eigenvalue weighted by atomic mass is 9.81. The molecule has 1 aliphatic carbocycles. The van der Waals surface area contributed by atoms with Gasteiger partial charge in [-0.3, -0.25) is 0 Å². The molecule has 108 valence electrons. The maximum Gasteiger partial charge on any atom is 0.124 e. The van der Waals surface area contributed by atoms with E-state index in [1.807, 2.05) is 0 Å². The minimum Gasteiger partial charge on any atom is -0.391 e. The third-order valence-electron chi connectivity index (χ3n) is 3.82. The summed E-state index contributed by atoms with van der Waals surface area (Å²) in [7, 11) is 0. The predicted molar refractivity (Wildman–Crippen MR) is 78.2 cm³/mol. The molecule has 0 unspecified atom stereocenters. The van der Waals surface area contributed by atoms with Crippen molar-refractivity contribution in [2.24, 2.45) is 11.7 Å². The molecule has 2 rings (SSSR count). The van der Waals surface area contributed by atoms with Crippen molar-refractivity contribution in [1.29, 1.82) is 0 Å². The highest BCUT2D eigenvalue weighted by atomic mass is 35.5. The summed E-state index contributed by atoms with van der Waals surface area (Å²) in [6, 6.07) is 3.59. The first-order valence-electron chi connectivity index (χ1n) is 6.48. The number of halogens is 3. The van der Waals surface area contributed by atoms with E-state index in [2.05, 4.69) is 0 Å². The van der Waals surface area contributed by atoms with Crippen LogP contribution in [0.15, 0.2) is 18.2 Å². The van der Waals surface area contributed by atoms with Crippen LogP contribution >= 0.6 is 24.0 Å².